The minimum absolute atomic E-state index is 0.138. The minimum atomic E-state index is 0.138. The molecule has 2 aliphatic rings. The second kappa shape index (κ2) is 5.61. The molecular formula is C14H19N3O2S. The molecule has 2 bridgehead atoms. The van der Waals surface area contributed by atoms with Gasteiger partial charge in [0.05, 0.1) is 19.0 Å². The third-order valence-corrected chi connectivity index (χ3v) is 5.09. The van der Waals surface area contributed by atoms with E-state index in [2.05, 4.69) is 20.9 Å². The topological polar surface area (TPSA) is 54.5 Å². The lowest BCUT2D eigenvalue weighted by Gasteiger charge is -2.51. The van der Waals surface area contributed by atoms with Crippen molar-refractivity contribution in [2.45, 2.75) is 6.42 Å². The Morgan fingerprint density at radius 1 is 1.45 bits per heavy atom. The van der Waals surface area contributed by atoms with Crippen LogP contribution in [0.4, 0.5) is 5.69 Å². The molecular weight excluding hydrogens is 274 g/mol. The largest absolute Gasteiger partial charge is 0.481 e. The standard InChI is InChI=1S/C14H19N3O2S/c1-19-12-4-3-11(6-15-12)16-14(18)13-9-5-10(13)8-17(7-9)20-2/h3-4,6,9-10,13H,5,7-8H2,1-2H3,(H,16,18). The zero-order chi connectivity index (χ0) is 14.1. The van der Waals surface area contributed by atoms with Gasteiger partial charge in [-0.3, -0.25) is 9.10 Å². The van der Waals surface area contributed by atoms with E-state index in [4.69, 9.17) is 4.74 Å². The SMILES string of the molecule is COc1ccc(NC(=O)C2C3CC2CN(SC)C3)cn1. The highest BCUT2D eigenvalue weighted by atomic mass is 32.2. The average molecular weight is 293 g/mol. The number of fused-ring (bicyclic) bond motifs is 2. The van der Waals surface area contributed by atoms with Crippen LogP contribution >= 0.6 is 11.9 Å². The molecule has 1 aliphatic heterocycles. The first-order valence-electron chi connectivity index (χ1n) is 6.81. The number of methoxy groups -OCH3 is 1. The molecule has 1 amide bonds. The van der Waals surface area contributed by atoms with Crippen molar-refractivity contribution in [2.24, 2.45) is 17.8 Å². The number of ether oxygens (including phenoxy) is 1. The number of anilines is 1. The van der Waals surface area contributed by atoms with Crippen LogP contribution in [0.2, 0.25) is 0 Å². The summed E-state index contributed by atoms with van der Waals surface area (Å²) in [6.07, 6.45) is 4.93. The molecule has 2 heterocycles. The highest BCUT2D eigenvalue weighted by molar-refractivity contribution is 7.96. The molecule has 2 atom stereocenters. The number of nitrogens with one attached hydrogen (secondary N) is 1. The highest BCUT2D eigenvalue weighted by Crippen LogP contribution is 2.47. The quantitative estimate of drug-likeness (QED) is 0.859. The summed E-state index contributed by atoms with van der Waals surface area (Å²) in [5.74, 6) is 1.87. The average Bonchev–Trinajstić information content (AvgIpc) is 2.47. The summed E-state index contributed by atoms with van der Waals surface area (Å²) >= 11 is 1.78. The van der Waals surface area contributed by atoms with E-state index in [9.17, 15) is 4.79 Å². The van der Waals surface area contributed by atoms with Crippen LogP contribution in [-0.2, 0) is 4.79 Å². The summed E-state index contributed by atoms with van der Waals surface area (Å²) in [4.78, 5) is 16.5. The maximum absolute atomic E-state index is 12.4. The summed E-state index contributed by atoms with van der Waals surface area (Å²) in [6, 6.07) is 3.58. The third-order valence-electron chi connectivity index (χ3n) is 4.27. The van der Waals surface area contributed by atoms with Crippen LogP contribution in [0.3, 0.4) is 0 Å². The van der Waals surface area contributed by atoms with Gasteiger partial charge >= 0.3 is 0 Å². The molecule has 3 rings (SSSR count). The number of nitrogens with zero attached hydrogens (tertiary/aromatic N) is 2. The van der Waals surface area contributed by atoms with E-state index in [1.807, 2.05) is 6.07 Å². The van der Waals surface area contributed by atoms with Gasteiger partial charge in [-0.05, 0) is 30.6 Å². The van der Waals surface area contributed by atoms with Gasteiger partial charge in [0.2, 0.25) is 11.8 Å². The fourth-order valence-electron chi connectivity index (χ4n) is 3.22. The Kier molecular flexibility index (Phi) is 3.85. The number of amides is 1. The van der Waals surface area contributed by atoms with Crippen molar-refractivity contribution >= 4 is 23.5 Å². The van der Waals surface area contributed by atoms with E-state index in [-0.39, 0.29) is 11.8 Å². The van der Waals surface area contributed by atoms with Gasteiger partial charge in [0.25, 0.3) is 0 Å². The van der Waals surface area contributed by atoms with Gasteiger partial charge in [-0.2, -0.15) is 0 Å². The molecule has 1 aromatic heterocycles. The van der Waals surface area contributed by atoms with E-state index in [1.54, 1.807) is 31.3 Å². The molecule has 1 N–H and O–H groups in total. The minimum Gasteiger partial charge on any atom is -0.481 e. The van der Waals surface area contributed by atoms with E-state index >= 15 is 0 Å². The number of carbonyl (C=O) groups is 1. The Morgan fingerprint density at radius 2 is 2.20 bits per heavy atom. The van der Waals surface area contributed by atoms with Crippen LogP contribution in [0.5, 0.6) is 5.88 Å². The fraction of sp³-hybridized carbons (Fsp3) is 0.571. The molecule has 1 saturated heterocycles. The molecule has 0 spiro atoms. The van der Waals surface area contributed by atoms with Crippen molar-refractivity contribution in [3.63, 3.8) is 0 Å². The predicted octanol–water partition coefficient (Wildman–Crippen LogP) is 1.87. The van der Waals surface area contributed by atoms with Crippen molar-refractivity contribution in [2.75, 3.05) is 31.8 Å². The second-order valence-corrected chi connectivity index (χ2v) is 6.27. The molecule has 0 aromatic carbocycles. The van der Waals surface area contributed by atoms with Crippen LogP contribution in [0, 0.1) is 17.8 Å². The van der Waals surface area contributed by atoms with Crippen LogP contribution in [-0.4, -0.2) is 41.7 Å². The lowest BCUT2D eigenvalue weighted by Crippen LogP contribution is -2.56. The third kappa shape index (κ3) is 2.50. The van der Waals surface area contributed by atoms with Gasteiger partial charge in [-0.1, -0.05) is 11.9 Å². The van der Waals surface area contributed by atoms with Gasteiger partial charge in [0, 0.05) is 25.1 Å². The van der Waals surface area contributed by atoms with Crippen LogP contribution in [0.15, 0.2) is 18.3 Å². The zero-order valence-corrected chi connectivity index (χ0v) is 12.5. The van der Waals surface area contributed by atoms with Crippen LogP contribution in [0.25, 0.3) is 0 Å². The fourth-order valence-corrected chi connectivity index (χ4v) is 3.90. The Bertz CT molecular complexity index is 482. The van der Waals surface area contributed by atoms with Crippen LogP contribution < -0.4 is 10.1 Å². The number of aromatic nitrogens is 1. The number of hydrogen-bond donors (Lipinski definition) is 1. The first-order valence-corrected chi connectivity index (χ1v) is 7.99. The van der Waals surface area contributed by atoms with E-state index in [0.29, 0.717) is 17.7 Å². The molecule has 108 valence electrons. The van der Waals surface area contributed by atoms with E-state index < -0.39 is 0 Å². The molecule has 2 unspecified atom stereocenters. The van der Waals surface area contributed by atoms with E-state index in [1.165, 1.54) is 6.42 Å². The molecule has 1 saturated carbocycles. The Labute approximate surface area is 123 Å². The summed E-state index contributed by atoms with van der Waals surface area (Å²) < 4.78 is 7.37. The Balaban J connectivity index is 1.60. The van der Waals surface area contributed by atoms with Gasteiger partial charge in [0.1, 0.15) is 0 Å². The number of hydrogen-bond acceptors (Lipinski definition) is 5. The van der Waals surface area contributed by atoms with Crippen molar-refractivity contribution < 1.29 is 9.53 Å². The maximum atomic E-state index is 12.4. The molecule has 0 radical (unpaired) electrons. The summed E-state index contributed by atoms with van der Waals surface area (Å²) in [7, 11) is 1.58. The first kappa shape index (κ1) is 13.7. The molecule has 20 heavy (non-hydrogen) atoms. The number of piperidine rings is 2. The molecule has 5 nitrogen and oxygen atoms in total. The monoisotopic (exact) mass is 293 g/mol. The lowest BCUT2D eigenvalue weighted by atomic mass is 9.62. The lowest BCUT2D eigenvalue weighted by molar-refractivity contribution is -0.133. The summed E-state index contributed by atoms with van der Waals surface area (Å²) in [5, 5.41) is 2.97. The second-order valence-electron chi connectivity index (χ2n) is 5.39. The maximum Gasteiger partial charge on any atom is 0.228 e. The van der Waals surface area contributed by atoms with Crippen molar-refractivity contribution in [3.8, 4) is 5.88 Å². The predicted molar refractivity (Wildman–Crippen MR) is 79.6 cm³/mol. The Morgan fingerprint density at radius 3 is 2.75 bits per heavy atom. The molecule has 2 fully saturated rings. The van der Waals surface area contributed by atoms with E-state index in [0.717, 1.165) is 18.8 Å². The number of pyridine rings is 1. The number of rotatable bonds is 4. The smallest absolute Gasteiger partial charge is 0.228 e. The van der Waals surface area contributed by atoms with Gasteiger partial charge in [-0.25, -0.2) is 4.98 Å². The molecule has 1 aliphatic carbocycles. The van der Waals surface area contributed by atoms with Gasteiger partial charge < -0.3 is 10.1 Å². The number of carbonyl (C=O) groups excluding carboxylic acids is 1. The van der Waals surface area contributed by atoms with Gasteiger partial charge in [-0.15, -0.1) is 0 Å². The van der Waals surface area contributed by atoms with Gasteiger partial charge in [0.15, 0.2) is 0 Å². The highest BCUT2D eigenvalue weighted by Gasteiger charge is 2.50. The van der Waals surface area contributed by atoms with Crippen molar-refractivity contribution in [1.82, 2.24) is 9.29 Å². The van der Waals surface area contributed by atoms with Crippen LogP contribution in [0.1, 0.15) is 6.42 Å². The summed E-state index contributed by atoms with van der Waals surface area (Å²) in [5.41, 5.74) is 0.738. The zero-order valence-electron chi connectivity index (χ0n) is 11.7. The normalized spacial score (nSPS) is 28.6. The van der Waals surface area contributed by atoms with Crippen molar-refractivity contribution in [3.05, 3.63) is 18.3 Å². The summed E-state index contributed by atoms with van der Waals surface area (Å²) in [6.45, 7) is 2.05. The van der Waals surface area contributed by atoms with Crippen molar-refractivity contribution in [1.29, 1.82) is 0 Å². The molecule has 6 heteroatoms. The Hall–Kier alpha value is -1.27. The first-order chi connectivity index (χ1) is 9.71. The molecule has 1 aromatic rings.